The summed E-state index contributed by atoms with van der Waals surface area (Å²) >= 11 is 1.45. The van der Waals surface area contributed by atoms with E-state index in [0.717, 1.165) is 18.0 Å². The SMILES string of the molecule is CNC(CSc1nnnn1C1CC1)C(N)=O. The zero-order valence-electron chi connectivity index (χ0n) is 8.96. The fraction of sp³-hybridized carbons (Fsp3) is 0.750. The van der Waals surface area contributed by atoms with Crippen molar-refractivity contribution in [1.29, 1.82) is 0 Å². The summed E-state index contributed by atoms with van der Waals surface area (Å²) in [6, 6.07) is 0.0912. The van der Waals surface area contributed by atoms with Crippen LogP contribution in [-0.4, -0.2) is 45.0 Å². The number of rotatable bonds is 6. The standard InChI is InChI=1S/C8H14N6OS/c1-10-6(7(9)15)4-16-8-11-12-13-14(8)5-2-3-5/h5-6,10H,2-4H2,1H3,(H2,9,15). The van der Waals surface area contributed by atoms with Gasteiger partial charge in [-0.15, -0.1) is 5.10 Å². The van der Waals surface area contributed by atoms with Gasteiger partial charge >= 0.3 is 0 Å². The summed E-state index contributed by atoms with van der Waals surface area (Å²) in [7, 11) is 1.71. The first kappa shape index (κ1) is 11.3. The highest BCUT2D eigenvalue weighted by Gasteiger charge is 2.28. The third-order valence-corrected chi connectivity index (χ3v) is 3.45. The maximum Gasteiger partial charge on any atom is 0.235 e. The molecule has 1 aliphatic rings. The third kappa shape index (κ3) is 2.50. The van der Waals surface area contributed by atoms with Crippen LogP contribution in [0.25, 0.3) is 0 Å². The lowest BCUT2D eigenvalue weighted by Crippen LogP contribution is -2.41. The Morgan fingerprint density at radius 1 is 1.75 bits per heavy atom. The molecule has 3 N–H and O–H groups in total. The molecule has 1 fully saturated rings. The number of tetrazole rings is 1. The molecule has 1 saturated carbocycles. The molecule has 0 aromatic carbocycles. The predicted molar refractivity (Wildman–Crippen MR) is 58.9 cm³/mol. The second kappa shape index (κ2) is 4.79. The lowest BCUT2D eigenvalue weighted by Gasteiger charge is -2.10. The van der Waals surface area contributed by atoms with Gasteiger partial charge < -0.3 is 11.1 Å². The van der Waals surface area contributed by atoms with Crippen molar-refractivity contribution in [1.82, 2.24) is 25.5 Å². The first-order valence-electron chi connectivity index (χ1n) is 5.09. The fourth-order valence-corrected chi connectivity index (χ4v) is 2.35. The Balaban J connectivity index is 1.93. The van der Waals surface area contributed by atoms with E-state index in [0.29, 0.717) is 11.8 Å². The number of aromatic nitrogens is 4. The highest BCUT2D eigenvalue weighted by atomic mass is 32.2. The summed E-state index contributed by atoms with van der Waals surface area (Å²) in [5.41, 5.74) is 5.22. The van der Waals surface area contributed by atoms with Crippen LogP contribution in [0.5, 0.6) is 0 Å². The van der Waals surface area contributed by atoms with E-state index in [1.165, 1.54) is 11.8 Å². The Bertz CT molecular complexity index is 376. The number of likely N-dealkylation sites (N-methyl/N-ethyl adjacent to an activating group) is 1. The van der Waals surface area contributed by atoms with Gasteiger partial charge in [-0.2, -0.15) is 0 Å². The van der Waals surface area contributed by atoms with Crippen molar-refractivity contribution >= 4 is 17.7 Å². The molecule has 7 nitrogen and oxygen atoms in total. The Hall–Kier alpha value is -1.15. The van der Waals surface area contributed by atoms with Crippen LogP contribution in [0.2, 0.25) is 0 Å². The van der Waals surface area contributed by atoms with Gasteiger partial charge in [0.2, 0.25) is 11.1 Å². The quantitative estimate of drug-likeness (QED) is 0.632. The fourth-order valence-electron chi connectivity index (χ4n) is 1.29. The molecule has 8 heteroatoms. The zero-order chi connectivity index (χ0) is 11.5. The number of primary amides is 1. The molecule has 2 rings (SSSR count). The molecule has 88 valence electrons. The molecule has 1 aromatic rings. The van der Waals surface area contributed by atoms with Gasteiger partial charge in [0.05, 0.1) is 12.1 Å². The topological polar surface area (TPSA) is 98.7 Å². The second-order valence-corrected chi connectivity index (χ2v) is 4.68. The molecule has 0 bridgehead atoms. The largest absolute Gasteiger partial charge is 0.368 e. The Labute approximate surface area is 97.1 Å². The van der Waals surface area contributed by atoms with Gasteiger partial charge in [0.1, 0.15) is 0 Å². The highest BCUT2D eigenvalue weighted by Crippen LogP contribution is 2.36. The van der Waals surface area contributed by atoms with Gasteiger partial charge in [-0.1, -0.05) is 11.8 Å². The average Bonchev–Trinajstić information content (AvgIpc) is 2.99. The molecule has 16 heavy (non-hydrogen) atoms. The smallest absolute Gasteiger partial charge is 0.235 e. The molecule has 1 amide bonds. The monoisotopic (exact) mass is 242 g/mol. The van der Waals surface area contributed by atoms with Crippen molar-refractivity contribution in [3.8, 4) is 0 Å². The van der Waals surface area contributed by atoms with Crippen molar-refractivity contribution in [2.24, 2.45) is 5.73 Å². The molecule has 0 saturated heterocycles. The van der Waals surface area contributed by atoms with Gasteiger partial charge in [0.15, 0.2) is 0 Å². The highest BCUT2D eigenvalue weighted by molar-refractivity contribution is 7.99. The van der Waals surface area contributed by atoms with E-state index in [9.17, 15) is 4.79 Å². The van der Waals surface area contributed by atoms with Crippen molar-refractivity contribution in [3.05, 3.63) is 0 Å². The minimum atomic E-state index is -0.361. The predicted octanol–water partition coefficient (Wildman–Crippen LogP) is -0.827. The Morgan fingerprint density at radius 2 is 2.50 bits per heavy atom. The van der Waals surface area contributed by atoms with Gasteiger partial charge in [0.25, 0.3) is 0 Å². The van der Waals surface area contributed by atoms with Crippen LogP contribution >= 0.6 is 11.8 Å². The molecule has 0 spiro atoms. The van der Waals surface area contributed by atoms with Gasteiger partial charge in [-0.25, -0.2) is 4.68 Å². The molecular weight excluding hydrogens is 228 g/mol. The van der Waals surface area contributed by atoms with Gasteiger partial charge in [-0.3, -0.25) is 4.79 Å². The minimum Gasteiger partial charge on any atom is -0.368 e. The maximum atomic E-state index is 11.0. The molecule has 0 radical (unpaired) electrons. The minimum absolute atomic E-state index is 0.352. The number of thioether (sulfide) groups is 1. The summed E-state index contributed by atoms with van der Waals surface area (Å²) in [6.07, 6.45) is 2.26. The van der Waals surface area contributed by atoms with Crippen molar-refractivity contribution in [2.75, 3.05) is 12.8 Å². The van der Waals surface area contributed by atoms with E-state index < -0.39 is 0 Å². The number of nitrogens with one attached hydrogen (secondary N) is 1. The lowest BCUT2D eigenvalue weighted by molar-refractivity contribution is -0.119. The number of nitrogens with zero attached hydrogens (tertiary/aromatic N) is 4. The molecule has 1 unspecified atom stereocenters. The number of hydrogen-bond donors (Lipinski definition) is 2. The summed E-state index contributed by atoms with van der Waals surface area (Å²) in [4.78, 5) is 11.0. The molecule has 1 aliphatic carbocycles. The Kier molecular flexibility index (Phi) is 3.39. The van der Waals surface area contributed by atoms with E-state index in [-0.39, 0.29) is 11.9 Å². The number of amides is 1. The number of carbonyl (C=O) groups is 1. The molecule has 1 aromatic heterocycles. The van der Waals surface area contributed by atoms with Crippen molar-refractivity contribution in [2.45, 2.75) is 30.1 Å². The van der Waals surface area contributed by atoms with Crippen LogP contribution in [0.1, 0.15) is 18.9 Å². The van der Waals surface area contributed by atoms with E-state index in [1.807, 2.05) is 4.68 Å². The number of nitrogens with two attached hydrogens (primary N) is 1. The summed E-state index contributed by atoms with van der Waals surface area (Å²) in [5, 5.41) is 15.1. The van der Waals surface area contributed by atoms with E-state index in [1.54, 1.807) is 7.05 Å². The lowest BCUT2D eigenvalue weighted by atomic mass is 10.3. The van der Waals surface area contributed by atoms with Crippen LogP contribution in [0, 0.1) is 0 Å². The van der Waals surface area contributed by atoms with Crippen molar-refractivity contribution < 1.29 is 4.79 Å². The van der Waals surface area contributed by atoms with Crippen LogP contribution in [0.3, 0.4) is 0 Å². The van der Waals surface area contributed by atoms with Gasteiger partial charge in [-0.05, 0) is 30.3 Å². The van der Waals surface area contributed by atoms with E-state index in [2.05, 4.69) is 20.8 Å². The van der Waals surface area contributed by atoms with Gasteiger partial charge in [0, 0.05) is 5.75 Å². The second-order valence-electron chi connectivity index (χ2n) is 3.69. The van der Waals surface area contributed by atoms with Crippen LogP contribution in [-0.2, 0) is 4.79 Å². The Morgan fingerprint density at radius 3 is 3.06 bits per heavy atom. The molecule has 1 heterocycles. The van der Waals surface area contributed by atoms with Crippen LogP contribution < -0.4 is 11.1 Å². The van der Waals surface area contributed by atoms with E-state index >= 15 is 0 Å². The van der Waals surface area contributed by atoms with E-state index in [4.69, 9.17) is 5.73 Å². The summed E-state index contributed by atoms with van der Waals surface area (Å²) < 4.78 is 1.82. The van der Waals surface area contributed by atoms with Crippen molar-refractivity contribution in [3.63, 3.8) is 0 Å². The first-order valence-corrected chi connectivity index (χ1v) is 6.08. The summed E-state index contributed by atoms with van der Waals surface area (Å²) in [6.45, 7) is 0. The molecular formula is C8H14N6OS. The first-order chi connectivity index (χ1) is 7.72. The van der Waals surface area contributed by atoms with Crippen LogP contribution in [0.4, 0.5) is 0 Å². The van der Waals surface area contributed by atoms with Crippen LogP contribution in [0.15, 0.2) is 5.16 Å². The number of carbonyl (C=O) groups excluding carboxylic acids is 1. The molecule has 0 aliphatic heterocycles. The third-order valence-electron chi connectivity index (χ3n) is 2.43. The summed E-state index contributed by atoms with van der Waals surface area (Å²) in [5.74, 6) is 0.180. The number of hydrogen-bond acceptors (Lipinski definition) is 6. The maximum absolute atomic E-state index is 11.0. The zero-order valence-corrected chi connectivity index (χ0v) is 9.78. The average molecular weight is 242 g/mol. The molecule has 1 atom stereocenters. The normalized spacial score (nSPS) is 17.3.